The van der Waals surface area contributed by atoms with Crippen LogP contribution in [0.2, 0.25) is 0 Å². The number of hydrogen-bond acceptors (Lipinski definition) is 5. The summed E-state index contributed by atoms with van der Waals surface area (Å²) in [7, 11) is 0. The van der Waals surface area contributed by atoms with Crippen LogP contribution in [0.5, 0.6) is 5.75 Å². The number of nitrogens with zero attached hydrogens (tertiary/aromatic N) is 2. The number of aromatic nitrogens is 2. The highest BCUT2D eigenvalue weighted by Crippen LogP contribution is 2.31. The van der Waals surface area contributed by atoms with E-state index in [-0.39, 0.29) is 12.0 Å². The van der Waals surface area contributed by atoms with E-state index in [1.165, 1.54) is 11.1 Å². The normalized spacial score (nSPS) is 17.8. The number of ether oxygens (including phenoxy) is 1. The van der Waals surface area contributed by atoms with Crippen molar-refractivity contribution in [3.8, 4) is 5.75 Å². The molecule has 0 fully saturated rings. The van der Waals surface area contributed by atoms with E-state index >= 15 is 0 Å². The topological polar surface area (TPSA) is 74.2 Å². The zero-order chi connectivity index (χ0) is 14.8. The Labute approximate surface area is 124 Å². The van der Waals surface area contributed by atoms with Crippen molar-refractivity contribution in [1.82, 2.24) is 10.1 Å². The van der Waals surface area contributed by atoms with Gasteiger partial charge in [-0.25, -0.2) is 0 Å². The standard InChI is InChI=1S/C16H21N3O2/c1-10(2)16-18-15(19-21-16)9-20-12-7-6-11-4-3-5-14(17)13(11)8-12/h6-8,10,14H,3-5,9,17H2,1-2H3/t14-/m1/s1. The molecule has 112 valence electrons. The molecule has 1 atom stereocenters. The van der Waals surface area contributed by atoms with Crippen molar-refractivity contribution in [3.63, 3.8) is 0 Å². The summed E-state index contributed by atoms with van der Waals surface area (Å²) in [6.45, 7) is 4.34. The number of fused-ring (bicyclic) bond motifs is 1. The molecule has 1 aromatic heterocycles. The summed E-state index contributed by atoms with van der Waals surface area (Å²) in [6, 6.07) is 6.26. The predicted molar refractivity (Wildman–Crippen MR) is 79.0 cm³/mol. The average Bonchev–Trinajstić information content (AvgIpc) is 2.95. The second kappa shape index (κ2) is 5.85. The Kier molecular flexibility index (Phi) is 3.92. The van der Waals surface area contributed by atoms with E-state index in [0.29, 0.717) is 18.3 Å². The Morgan fingerprint density at radius 3 is 3.05 bits per heavy atom. The van der Waals surface area contributed by atoms with E-state index in [2.05, 4.69) is 16.2 Å². The van der Waals surface area contributed by atoms with Crippen LogP contribution in [0.3, 0.4) is 0 Å². The van der Waals surface area contributed by atoms with E-state index in [0.717, 1.165) is 25.0 Å². The van der Waals surface area contributed by atoms with Crippen LogP contribution in [0.1, 0.15) is 61.5 Å². The molecule has 2 N–H and O–H groups in total. The number of hydrogen-bond donors (Lipinski definition) is 1. The molecule has 0 aliphatic heterocycles. The first kappa shape index (κ1) is 14.1. The monoisotopic (exact) mass is 287 g/mol. The molecule has 0 spiro atoms. The molecule has 0 unspecified atom stereocenters. The Hall–Kier alpha value is -1.88. The number of aryl methyl sites for hydroxylation is 1. The molecule has 21 heavy (non-hydrogen) atoms. The molecule has 5 nitrogen and oxygen atoms in total. The van der Waals surface area contributed by atoms with Crippen molar-refractivity contribution < 1.29 is 9.26 Å². The fourth-order valence-corrected chi connectivity index (χ4v) is 2.61. The first-order valence-electron chi connectivity index (χ1n) is 7.47. The number of rotatable bonds is 4. The maximum Gasteiger partial charge on any atom is 0.229 e. The Bertz CT molecular complexity index is 622. The van der Waals surface area contributed by atoms with Crippen LogP contribution in [-0.4, -0.2) is 10.1 Å². The number of benzene rings is 1. The largest absolute Gasteiger partial charge is 0.485 e. The second-order valence-electron chi connectivity index (χ2n) is 5.85. The van der Waals surface area contributed by atoms with Gasteiger partial charge in [0.1, 0.15) is 5.75 Å². The third-order valence-corrected chi connectivity index (χ3v) is 3.82. The Morgan fingerprint density at radius 1 is 1.43 bits per heavy atom. The highest BCUT2D eigenvalue weighted by atomic mass is 16.5. The lowest BCUT2D eigenvalue weighted by Gasteiger charge is -2.22. The summed E-state index contributed by atoms with van der Waals surface area (Å²) < 4.78 is 10.9. The highest BCUT2D eigenvalue weighted by Gasteiger charge is 2.17. The maximum absolute atomic E-state index is 6.16. The molecule has 0 radical (unpaired) electrons. The lowest BCUT2D eigenvalue weighted by molar-refractivity contribution is 0.283. The van der Waals surface area contributed by atoms with Crippen molar-refractivity contribution in [3.05, 3.63) is 41.0 Å². The molecular formula is C16H21N3O2. The van der Waals surface area contributed by atoms with Crippen molar-refractivity contribution in [2.75, 3.05) is 0 Å². The summed E-state index contributed by atoms with van der Waals surface area (Å²) in [5.41, 5.74) is 8.70. The molecule has 0 amide bonds. The SMILES string of the molecule is CC(C)c1nc(COc2ccc3c(c2)[C@H](N)CCC3)no1. The molecule has 5 heteroatoms. The van der Waals surface area contributed by atoms with Crippen molar-refractivity contribution in [2.45, 2.75) is 51.7 Å². The van der Waals surface area contributed by atoms with Crippen molar-refractivity contribution in [1.29, 1.82) is 0 Å². The van der Waals surface area contributed by atoms with Crippen LogP contribution >= 0.6 is 0 Å². The minimum absolute atomic E-state index is 0.120. The van der Waals surface area contributed by atoms with E-state index in [4.69, 9.17) is 15.0 Å². The molecule has 0 bridgehead atoms. The van der Waals surface area contributed by atoms with Gasteiger partial charge < -0.3 is 15.0 Å². The minimum atomic E-state index is 0.120. The molecule has 1 aliphatic rings. The van der Waals surface area contributed by atoms with E-state index in [1.807, 2.05) is 26.0 Å². The fourth-order valence-electron chi connectivity index (χ4n) is 2.61. The van der Waals surface area contributed by atoms with Gasteiger partial charge in [-0.2, -0.15) is 4.98 Å². The van der Waals surface area contributed by atoms with Crippen LogP contribution in [-0.2, 0) is 13.0 Å². The molecule has 1 heterocycles. The van der Waals surface area contributed by atoms with Crippen molar-refractivity contribution in [2.24, 2.45) is 5.73 Å². The summed E-state index contributed by atoms with van der Waals surface area (Å²) in [5, 5.41) is 3.92. The Morgan fingerprint density at radius 2 is 2.29 bits per heavy atom. The van der Waals surface area contributed by atoms with Gasteiger partial charge in [-0.15, -0.1) is 0 Å². The van der Waals surface area contributed by atoms with Crippen LogP contribution < -0.4 is 10.5 Å². The van der Waals surface area contributed by atoms with Gasteiger partial charge in [-0.3, -0.25) is 0 Å². The lowest BCUT2D eigenvalue weighted by Crippen LogP contribution is -2.17. The zero-order valence-electron chi connectivity index (χ0n) is 12.5. The van der Waals surface area contributed by atoms with Gasteiger partial charge in [0.15, 0.2) is 6.61 Å². The zero-order valence-corrected chi connectivity index (χ0v) is 12.5. The van der Waals surface area contributed by atoms with E-state index in [9.17, 15) is 0 Å². The minimum Gasteiger partial charge on any atom is -0.485 e. The molecule has 3 rings (SSSR count). The summed E-state index contributed by atoms with van der Waals surface area (Å²) >= 11 is 0. The molecule has 1 aliphatic carbocycles. The lowest BCUT2D eigenvalue weighted by atomic mass is 9.88. The fraction of sp³-hybridized carbons (Fsp3) is 0.500. The van der Waals surface area contributed by atoms with Crippen LogP contribution in [0.4, 0.5) is 0 Å². The van der Waals surface area contributed by atoms with Gasteiger partial charge in [0.25, 0.3) is 0 Å². The van der Waals surface area contributed by atoms with Crippen molar-refractivity contribution >= 4 is 0 Å². The average molecular weight is 287 g/mol. The predicted octanol–water partition coefficient (Wildman–Crippen LogP) is 3.11. The van der Waals surface area contributed by atoms with Crippen LogP contribution in [0.25, 0.3) is 0 Å². The van der Waals surface area contributed by atoms with Gasteiger partial charge in [0.05, 0.1) is 0 Å². The molecule has 2 aromatic rings. The quantitative estimate of drug-likeness (QED) is 0.935. The molecule has 1 aromatic carbocycles. The molecule has 0 saturated carbocycles. The van der Waals surface area contributed by atoms with Gasteiger partial charge in [-0.05, 0) is 42.5 Å². The summed E-state index contributed by atoms with van der Waals surface area (Å²) in [6.07, 6.45) is 3.31. The van der Waals surface area contributed by atoms with Gasteiger partial charge in [0.2, 0.25) is 11.7 Å². The van der Waals surface area contributed by atoms with Gasteiger partial charge >= 0.3 is 0 Å². The van der Waals surface area contributed by atoms with Crippen LogP contribution in [0.15, 0.2) is 22.7 Å². The highest BCUT2D eigenvalue weighted by molar-refractivity contribution is 5.39. The molecular weight excluding hydrogens is 266 g/mol. The van der Waals surface area contributed by atoms with Gasteiger partial charge in [0, 0.05) is 12.0 Å². The molecule has 0 saturated heterocycles. The van der Waals surface area contributed by atoms with Crippen LogP contribution in [0, 0.1) is 0 Å². The van der Waals surface area contributed by atoms with E-state index < -0.39 is 0 Å². The Balaban J connectivity index is 1.69. The first-order chi connectivity index (χ1) is 10.1. The van der Waals surface area contributed by atoms with Gasteiger partial charge in [-0.1, -0.05) is 25.1 Å². The second-order valence-corrected chi connectivity index (χ2v) is 5.85. The smallest absolute Gasteiger partial charge is 0.229 e. The third-order valence-electron chi connectivity index (χ3n) is 3.82. The third kappa shape index (κ3) is 3.08. The van der Waals surface area contributed by atoms with E-state index in [1.54, 1.807) is 0 Å². The number of nitrogens with two attached hydrogens (primary N) is 1. The summed E-state index contributed by atoms with van der Waals surface area (Å²) in [4.78, 5) is 4.30. The summed E-state index contributed by atoms with van der Waals surface area (Å²) in [5.74, 6) is 2.25. The maximum atomic E-state index is 6.16. The first-order valence-corrected chi connectivity index (χ1v) is 7.47.